The highest BCUT2D eigenvalue weighted by atomic mass is 32.2. The van der Waals surface area contributed by atoms with Crippen LogP contribution >= 0.6 is 0 Å². The molecule has 5 aliphatic rings. The number of likely N-dealkylation sites (tertiary alicyclic amines) is 1. The highest BCUT2D eigenvalue weighted by Gasteiger charge is 2.73. The number of para-hydroxylation sites is 1. The van der Waals surface area contributed by atoms with E-state index in [1.807, 2.05) is 0 Å². The average molecular weight is 553 g/mol. The maximum Gasteiger partial charge on any atom is 0.261 e. The van der Waals surface area contributed by atoms with Crippen LogP contribution in [0, 0.1) is 12.8 Å². The first kappa shape index (κ1) is 25.4. The number of aromatic nitrogens is 1. The number of piperidine rings is 1. The summed E-state index contributed by atoms with van der Waals surface area (Å²) in [4.78, 5) is 2.63. The third-order valence-electron chi connectivity index (χ3n) is 9.98. The smallest absolute Gasteiger partial charge is 0.261 e. The molecule has 2 aliphatic heterocycles. The van der Waals surface area contributed by atoms with E-state index < -0.39 is 21.1 Å². The SMILES string of the molecule is COc1ccc2c3c1O[C@H]1c4c(c5cccc(C)c5n4C)C[C@@]4(O)[C@H](C2)N(CC2CC2)CC[C@]314.CS(=O)(=O)O. The predicted octanol–water partition coefficient (Wildman–Crippen LogP) is 3.70. The molecule has 3 heterocycles. The topological polar surface area (TPSA) is 101 Å². The fourth-order valence-electron chi connectivity index (χ4n) is 8.40. The lowest BCUT2D eigenvalue weighted by atomic mass is 9.49. The first-order valence-corrected chi connectivity index (χ1v) is 15.7. The van der Waals surface area contributed by atoms with Crippen LogP contribution < -0.4 is 9.47 Å². The van der Waals surface area contributed by atoms with E-state index in [1.165, 1.54) is 51.7 Å². The summed E-state index contributed by atoms with van der Waals surface area (Å²) in [7, 11) is 0.241. The molecule has 8 nitrogen and oxygen atoms in total. The molecular formula is C30H36N2O6S. The quantitative estimate of drug-likeness (QED) is 0.478. The van der Waals surface area contributed by atoms with E-state index in [2.05, 4.69) is 53.8 Å². The monoisotopic (exact) mass is 552 g/mol. The summed E-state index contributed by atoms with van der Waals surface area (Å²) < 4.78 is 41.0. The Kier molecular flexibility index (Phi) is 5.35. The Labute approximate surface area is 229 Å². The Morgan fingerprint density at radius 3 is 2.64 bits per heavy atom. The molecule has 1 saturated heterocycles. The van der Waals surface area contributed by atoms with Crippen molar-refractivity contribution in [1.29, 1.82) is 0 Å². The molecule has 1 aromatic heterocycles. The third kappa shape index (κ3) is 3.43. The number of hydrogen-bond donors (Lipinski definition) is 2. The molecule has 0 radical (unpaired) electrons. The van der Waals surface area contributed by atoms with Gasteiger partial charge >= 0.3 is 0 Å². The molecule has 2 bridgehead atoms. The minimum absolute atomic E-state index is 0.119. The Balaban J connectivity index is 0.000000468. The van der Waals surface area contributed by atoms with Gasteiger partial charge in [0.05, 0.1) is 35.6 Å². The standard InChI is InChI=1S/C29H32N2O3.CH4O3S/c1-16-5-4-6-19-20-14-29(32)22-13-18-9-10-21(33-3)26-23(18)28(29,11-12-31(22)15-17-7-8-17)27(34-26)25(20)30(2)24(16)19;1-5(2,3)4/h4-6,9-10,17,22,27,32H,7-8,11-15H2,1-3H3;1H3,(H,2,3,4)/t22-,27-,28-,29+;/m0./s1. The minimum atomic E-state index is -3.67. The fraction of sp³-hybridized carbons (Fsp3) is 0.533. The van der Waals surface area contributed by atoms with Crippen molar-refractivity contribution in [2.24, 2.45) is 13.0 Å². The predicted molar refractivity (Wildman–Crippen MR) is 148 cm³/mol. The molecule has 2 fully saturated rings. The number of methoxy groups -OCH3 is 1. The lowest BCUT2D eigenvalue weighted by Crippen LogP contribution is -2.74. The molecule has 9 heteroatoms. The molecule has 39 heavy (non-hydrogen) atoms. The van der Waals surface area contributed by atoms with Crippen molar-refractivity contribution in [3.8, 4) is 11.5 Å². The molecule has 0 unspecified atom stereocenters. The number of aliphatic hydroxyl groups is 1. The Morgan fingerprint density at radius 2 is 1.95 bits per heavy atom. The van der Waals surface area contributed by atoms with Gasteiger partial charge in [-0.2, -0.15) is 8.42 Å². The highest BCUT2D eigenvalue weighted by Crippen LogP contribution is 2.69. The van der Waals surface area contributed by atoms with Crippen LogP contribution in [0.15, 0.2) is 30.3 Å². The van der Waals surface area contributed by atoms with E-state index in [0.29, 0.717) is 12.7 Å². The molecule has 4 atom stereocenters. The summed E-state index contributed by atoms with van der Waals surface area (Å²) in [6, 6.07) is 11.0. The van der Waals surface area contributed by atoms with Gasteiger partial charge in [0.25, 0.3) is 10.1 Å². The van der Waals surface area contributed by atoms with E-state index >= 15 is 0 Å². The summed E-state index contributed by atoms with van der Waals surface area (Å²) in [6.07, 6.45) is 5.68. The number of aryl methyl sites for hydroxylation is 2. The van der Waals surface area contributed by atoms with Crippen molar-refractivity contribution in [2.75, 3.05) is 26.5 Å². The molecule has 0 amide bonds. The van der Waals surface area contributed by atoms with Gasteiger partial charge in [0.1, 0.15) is 0 Å². The second kappa shape index (κ2) is 8.22. The van der Waals surface area contributed by atoms with Gasteiger partial charge in [-0.1, -0.05) is 24.3 Å². The maximum atomic E-state index is 13.0. The molecule has 3 aliphatic carbocycles. The highest BCUT2D eigenvalue weighted by molar-refractivity contribution is 7.85. The van der Waals surface area contributed by atoms with Gasteiger partial charge in [0, 0.05) is 37.0 Å². The van der Waals surface area contributed by atoms with Gasteiger partial charge in [0.2, 0.25) is 0 Å². The maximum absolute atomic E-state index is 13.0. The van der Waals surface area contributed by atoms with Crippen LogP contribution in [0.3, 0.4) is 0 Å². The van der Waals surface area contributed by atoms with Crippen molar-refractivity contribution in [3.63, 3.8) is 0 Å². The molecule has 2 aromatic carbocycles. The average Bonchev–Trinajstić information content (AvgIpc) is 3.54. The van der Waals surface area contributed by atoms with Crippen molar-refractivity contribution < 1.29 is 27.6 Å². The number of rotatable bonds is 3. The lowest BCUT2D eigenvalue weighted by Gasteiger charge is -2.63. The largest absolute Gasteiger partial charge is 0.493 e. The van der Waals surface area contributed by atoms with Crippen LogP contribution in [0.5, 0.6) is 11.5 Å². The molecule has 8 rings (SSSR count). The minimum Gasteiger partial charge on any atom is -0.493 e. The number of ether oxygens (including phenoxy) is 2. The number of benzene rings is 2. The number of hydrogen-bond acceptors (Lipinski definition) is 6. The van der Waals surface area contributed by atoms with Crippen molar-refractivity contribution in [2.45, 2.75) is 62.2 Å². The van der Waals surface area contributed by atoms with Gasteiger partial charge in [-0.05, 0) is 67.8 Å². The van der Waals surface area contributed by atoms with E-state index in [9.17, 15) is 13.5 Å². The second-order valence-corrected chi connectivity index (χ2v) is 13.7. The molecule has 1 saturated carbocycles. The van der Waals surface area contributed by atoms with Crippen LogP contribution in [0.2, 0.25) is 0 Å². The Hall–Kier alpha value is -2.59. The normalized spacial score (nSPS) is 30.2. The van der Waals surface area contributed by atoms with E-state index in [1.54, 1.807) is 7.11 Å². The van der Waals surface area contributed by atoms with Crippen LogP contribution in [-0.4, -0.2) is 65.6 Å². The van der Waals surface area contributed by atoms with Gasteiger partial charge in [-0.15, -0.1) is 0 Å². The zero-order valence-electron chi connectivity index (χ0n) is 22.9. The summed E-state index contributed by atoms with van der Waals surface area (Å²) in [5, 5.41) is 14.3. The molecular weight excluding hydrogens is 516 g/mol. The number of nitrogens with zero attached hydrogens (tertiary/aromatic N) is 2. The van der Waals surface area contributed by atoms with Gasteiger partial charge in [0.15, 0.2) is 17.6 Å². The van der Waals surface area contributed by atoms with Crippen LogP contribution in [0.1, 0.15) is 53.3 Å². The summed E-state index contributed by atoms with van der Waals surface area (Å²) >= 11 is 0. The van der Waals surface area contributed by atoms with Gasteiger partial charge in [-0.25, -0.2) is 0 Å². The zero-order valence-corrected chi connectivity index (χ0v) is 23.7. The van der Waals surface area contributed by atoms with Gasteiger partial charge < -0.3 is 19.1 Å². The number of fused-ring (bicyclic) bond motifs is 4. The summed E-state index contributed by atoms with van der Waals surface area (Å²) in [5.41, 5.74) is 6.34. The van der Waals surface area contributed by atoms with Crippen molar-refractivity contribution in [1.82, 2.24) is 9.47 Å². The Morgan fingerprint density at radius 1 is 1.21 bits per heavy atom. The molecule has 2 N–H and O–H groups in total. The van der Waals surface area contributed by atoms with Crippen molar-refractivity contribution in [3.05, 3.63) is 58.3 Å². The van der Waals surface area contributed by atoms with Gasteiger partial charge in [-0.3, -0.25) is 9.45 Å². The van der Waals surface area contributed by atoms with E-state index in [-0.39, 0.29) is 12.1 Å². The van der Waals surface area contributed by atoms with E-state index in [4.69, 9.17) is 14.0 Å². The van der Waals surface area contributed by atoms with Crippen LogP contribution in [-0.2, 0) is 35.4 Å². The third-order valence-corrected chi connectivity index (χ3v) is 9.98. The van der Waals surface area contributed by atoms with E-state index in [0.717, 1.165) is 43.3 Å². The first-order valence-electron chi connectivity index (χ1n) is 13.8. The zero-order chi connectivity index (χ0) is 27.5. The van der Waals surface area contributed by atoms with Crippen LogP contribution in [0.25, 0.3) is 10.9 Å². The fourth-order valence-corrected chi connectivity index (χ4v) is 8.40. The molecule has 208 valence electrons. The Bertz CT molecular complexity index is 1620. The molecule has 3 aromatic rings. The van der Waals surface area contributed by atoms with Crippen LogP contribution in [0.4, 0.5) is 0 Å². The second-order valence-electron chi connectivity index (χ2n) is 12.2. The van der Waals surface area contributed by atoms with Crippen molar-refractivity contribution >= 4 is 21.0 Å². The molecule has 1 spiro atoms. The first-order chi connectivity index (χ1) is 18.5. The lowest BCUT2D eigenvalue weighted by molar-refractivity contribution is -0.173. The summed E-state index contributed by atoms with van der Waals surface area (Å²) in [6.45, 7) is 4.33. The summed E-state index contributed by atoms with van der Waals surface area (Å²) in [5.74, 6) is 2.47.